The number of carbonyl (C=O) groups excluding carboxylic acids is 1. The van der Waals surface area contributed by atoms with Crippen LogP contribution in [0.5, 0.6) is 0 Å². The highest BCUT2D eigenvalue weighted by atomic mass is 19.4. The van der Waals surface area contributed by atoms with Crippen molar-refractivity contribution in [1.29, 1.82) is 0 Å². The molecule has 1 heterocycles. The predicted octanol–water partition coefficient (Wildman–Crippen LogP) is 3.91. The lowest BCUT2D eigenvalue weighted by molar-refractivity contribution is -0.138. The zero-order chi connectivity index (χ0) is 18.2. The van der Waals surface area contributed by atoms with Crippen LogP contribution in [-0.2, 0) is 11.0 Å². The van der Waals surface area contributed by atoms with Crippen LogP contribution < -0.4 is 10.2 Å². The van der Waals surface area contributed by atoms with E-state index in [9.17, 15) is 18.0 Å². The molecule has 4 nitrogen and oxygen atoms in total. The van der Waals surface area contributed by atoms with Crippen molar-refractivity contribution in [3.05, 3.63) is 53.7 Å². The Labute approximate surface area is 143 Å². The molecule has 1 saturated carbocycles. The first-order valence-electron chi connectivity index (χ1n) is 7.88. The monoisotopic (exact) mass is 349 g/mol. The third-order valence-electron chi connectivity index (χ3n) is 4.26. The Morgan fingerprint density at radius 1 is 1.20 bits per heavy atom. The van der Waals surface area contributed by atoms with Crippen LogP contribution in [-0.4, -0.2) is 25.0 Å². The van der Waals surface area contributed by atoms with Crippen molar-refractivity contribution in [3.8, 4) is 0 Å². The van der Waals surface area contributed by atoms with Gasteiger partial charge in [0.05, 0.1) is 11.3 Å². The number of aromatic nitrogens is 1. The summed E-state index contributed by atoms with van der Waals surface area (Å²) < 4.78 is 39.4. The molecule has 0 bridgehead atoms. The second-order valence-corrected chi connectivity index (χ2v) is 6.29. The molecule has 1 N–H and O–H groups in total. The average molecular weight is 349 g/mol. The zero-order valence-corrected chi connectivity index (χ0v) is 13.8. The van der Waals surface area contributed by atoms with E-state index in [1.165, 1.54) is 12.1 Å². The normalized spacial score (nSPS) is 19.4. The molecule has 7 heteroatoms. The summed E-state index contributed by atoms with van der Waals surface area (Å²) in [4.78, 5) is 18.4. The van der Waals surface area contributed by atoms with Crippen LogP contribution in [0.3, 0.4) is 0 Å². The molecule has 2 atom stereocenters. The molecule has 1 aliphatic rings. The van der Waals surface area contributed by atoms with Gasteiger partial charge in [0, 0.05) is 26.2 Å². The molecule has 0 saturated heterocycles. The van der Waals surface area contributed by atoms with Gasteiger partial charge in [-0.25, -0.2) is 4.98 Å². The fraction of sp³-hybridized carbons (Fsp3) is 0.333. The van der Waals surface area contributed by atoms with Gasteiger partial charge in [-0.1, -0.05) is 18.2 Å². The van der Waals surface area contributed by atoms with Gasteiger partial charge >= 0.3 is 6.18 Å². The second kappa shape index (κ2) is 6.38. The summed E-state index contributed by atoms with van der Waals surface area (Å²) in [5.74, 6) is -0.544. The number of carbonyl (C=O) groups is 1. The second-order valence-electron chi connectivity index (χ2n) is 6.29. The van der Waals surface area contributed by atoms with Crippen LogP contribution in [0.1, 0.15) is 23.5 Å². The van der Waals surface area contributed by atoms with Gasteiger partial charge in [-0.3, -0.25) is 4.79 Å². The molecule has 1 amide bonds. The van der Waals surface area contributed by atoms with Crippen molar-refractivity contribution in [3.63, 3.8) is 0 Å². The lowest BCUT2D eigenvalue weighted by Crippen LogP contribution is -2.19. The molecule has 25 heavy (non-hydrogen) atoms. The van der Waals surface area contributed by atoms with Crippen molar-refractivity contribution >= 4 is 17.4 Å². The molecule has 0 aliphatic heterocycles. The number of hydrogen-bond acceptors (Lipinski definition) is 3. The first-order valence-corrected chi connectivity index (χ1v) is 7.88. The molecule has 1 fully saturated rings. The minimum atomic E-state index is -4.42. The number of nitrogens with one attached hydrogen (secondary N) is 1. The van der Waals surface area contributed by atoms with E-state index in [-0.39, 0.29) is 11.5 Å². The molecule has 2 aromatic rings. The Morgan fingerprint density at radius 2 is 1.92 bits per heavy atom. The number of nitrogens with zero attached hydrogens (tertiary/aromatic N) is 2. The van der Waals surface area contributed by atoms with Crippen LogP contribution in [0.15, 0.2) is 42.6 Å². The quantitative estimate of drug-likeness (QED) is 0.910. The highest BCUT2D eigenvalue weighted by Crippen LogP contribution is 2.51. The minimum absolute atomic E-state index is 0.189. The Kier molecular flexibility index (Phi) is 4.41. The number of rotatable bonds is 4. The molecule has 1 aromatic heterocycles. The Balaban J connectivity index is 1.76. The van der Waals surface area contributed by atoms with E-state index in [2.05, 4.69) is 10.3 Å². The average Bonchev–Trinajstić information content (AvgIpc) is 3.35. The van der Waals surface area contributed by atoms with Gasteiger partial charge in [-0.2, -0.15) is 13.2 Å². The lowest BCUT2D eigenvalue weighted by atomic mass is 10.0. The van der Waals surface area contributed by atoms with Crippen molar-refractivity contribution in [2.75, 3.05) is 24.3 Å². The zero-order valence-electron chi connectivity index (χ0n) is 13.8. The van der Waals surface area contributed by atoms with Crippen LogP contribution in [0.4, 0.5) is 24.7 Å². The van der Waals surface area contributed by atoms with E-state index in [1.807, 2.05) is 0 Å². The van der Waals surface area contributed by atoms with E-state index in [4.69, 9.17) is 0 Å². The van der Waals surface area contributed by atoms with E-state index in [0.717, 1.165) is 6.07 Å². The third-order valence-corrected chi connectivity index (χ3v) is 4.26. The first-order chi connectivity index (χ1) is 11.8. The summed E-state index contributed by atoms with van der Waals surface area (Å²) in [7, 11) is 3.61. The van der Waals surface area contributed by atoms with Crippen molar-refractivity contribution in [2.24, 2.45) is 5.92 Å². The van der Waals surface area contributed by atoms with E-state index in [0.29, 0.717) is 17.9 Å². The maximum atomic E-state index is 13.1. The molecular weight excluding hydrogens is 331 g/mol. The SMILES string of the molecule is CN(C)c1ncccc1NC(=O)[C@H]1C[C@@H]1c1ccccc1C(F)(F)F. The fourth-order valence-corrected chi connectivity index (χ4v) is 2.98. The number of alkyl halides is 3. The molecule has 132 valence electrons. The van der Waals surface area contributed by atoms with Gasteiger partial charge in [0.15, 0.2) is 5.82 Å². The number of anilines is 2. The Bertz CT molecular complexity index is 789. The summed E-state index contributed by atoms with van der Waals surface area (Å²) in [6, 6.07) is 8.88. The first kappa shape index (κ1) is 17.3. The van der Waals surface area contributed by atoms with Gasteiger partial charge in [-0.05, 0) is 36.1 Å². The number of pyridine rings is 1. The molecule has 1 aromatic carbocycles. The van der Waals surface area contributed by atoms with E-state index in [1.54, 1.807) is 43.4 Å². The molecule has 0 radical (unpaired) electrons. The molecule has 0 spiro atoms. The maximum Gasteiger partial charge on any atom is 0.416 e. The fourth-order valence-electron chi connectivity index (χ4n) is 2.98. The van der Waals surface area contributed by atoms with Crippen LogP contribution in [0, 0.1) is 5.92 Å². The largest absolute Gasteiger partial charge is 0.416 e. The molecular formula is C18H18F3N3O. The summed E-state index contributed by atoms with van der Waals surface area (Å²) >= 11 is 0. The summed E-state index contributed by atoms with van der Waals surface area (Å²) in [6.45, 7) is 0. The van der Waals surface area contributed by atoms with Crippen molar-refractivity contribution < 1.29 is 18.0 Å². The number of hydrogen-bond donors (Lipinski definition) is 1. The van der Waals surface area contributed by atoms with Crippen LogP contribution in [0.25, 0.3) is 0 Å². The standard InChI is InChI=1S/C18H18F3N3O/c1-24(2)16-15(8-5-9-22-16)23-17(25)13-10-12(13)11-6-3-4-7-14(11)18(19,20)21/h3-9,12-13H,10H2,1-2H3,(H,23,25)/t12-,13+/m1/s1. The Hall–Kier alpha value is -2.57. The minimum Gasteiger partial charge on any atom is -0.361 e. The summed E-state index contributed by atoms with van der Waals surface area (Å²) in [6.07, 6.45) is -2.39. The predicted molar refractivity (Wildman–Crippen MR) is 89.5 cm³/mol. The van der Waals surface area contributed by atoms with Gasteiger partial charge in [0.1, 0.15) is 0 Å². The van der Waals surface area contributed by atoms with Crippen LogP contribution in [0.2, 0.25) is 0 Å². The smallest absolute Gasteiger partial charge is 0.361 e. The van der Waals surface area contributed by atoms with Crippen molar-refractivity contribution in [2.45, 2.75) is 18.5 Å². The number of halogens is 3. The third kappa shape index (κ3) is 3.60. The number of amides is 1. The Morgan fingerprint density at radius 3 is 2.60 bits per heavy atom. The van der Waals surface area contributed by atoms with Crippen molar-refractivity contribution in [1.82, 2.24) is 4.98 Å². The molecule has 1 aliphatic carbocycles. The van der Waals surface area contributed by atoms with Gasteiger partial charge < -0.3 is 10.2 Å². The lowest BCUT2D eigenvalue weighted by Gasteiger charge is -2.16. The summed E-state index contributed by atoms with van der Waals surface area (Å²) in [5, 5.41) is 2.79. The highest BCUT2D eigenvalue weighted by molar-refractivity contribution is 5.97. The topological polar surface area (TPSA) is 45.2 Å². The van der Waals surface area contributed by atoms with E-state index >= 15 is 0 Å². The molecule has 3 rings (SSSR count). The highest BCUT2D eigenvalue weighted by Gasteiger charge is 2.47. The maximum absolute atomic E-state index is 13.1. The number of benzene rings is 1. The van der Waals surface area contributed by atoms with Gasteiger partial charge in [0.25, 0.3) is 0 Å². The van der Waals surface area contributed by atoms with Crippen LogP contribution >= 0.6 is 0 Å². The molecule has 0 unspecified atom stereocenters. The van der Waals surface area contributed by atoms with Gasteiger partial charge in [-0.15, -0.1) is 0 Å². The van der Waals surface area contributed by atoms with E-state index < -0.39 is 23.6 Å². The van der Waals surface area contributed by atoms with Gasteiger partial charge in [0.2, 0.25) is 5.91 Å². The summed E-state index contributed by atoms with van der Waals surface area (Å²) in [5.41, 5.74) is 0.0760.